The van der Waals surface area contributed by atoms with Crippen molar-refractivity contribution < 1.29 is 4.74 Å². The highest BCUT2D eigenvalue weighted by molar-refractivity contribution is 7.80. The van der Waals surface area contributed by atoms with E-state index in [1.807, 2.05) is 18.7 Å². The van der Waals surface area contributed by atoms with Crippen LogP contribution in [0.4, 0.5) is 0 Å². The van der Waals surface area contributed by atoms with Crippen molar-refractivity contribution in [2.24, 2.45) is 12.8 Å². The molecule has 2 heterocycles. The van der Waals surface area contributed by atoms with Gasteiger partial charge in [-0.1, -0.05) is 23.8 Å². The van der Waals surface area contributed by atoms with E-state index in [2.05, 4.69) is 10.00 Å². The van der Waals surface area contributed by atoms with Crippen molar-refractivity contribution in [2.75, 3.05) is 19.7 Å². The van der Waals surface area contributed by atoms with Crippen molar-refractivity contribution in [2.45, 2.75) is 19.6 Å². The molecule has 0 aromatic carbocycles. The zero-order valence-electron chi connectivity index (χ0n) is 10.5. The van der Waals surface area contributed by atoms with Crippen LogP contribution in [0, 0.1) is 6.92 Å². The molecule has 1 aromatic heterocycles. The Bertz CT molecular complexity index is 462. The smallest absolute Gasteiger partial charge is 0.120 e. The Labute approximate surface area is 117 Å². The molecule has 0 amide bonds. The van der Waals surface area contributed by atoms with Crippen LogP contribution >= 0.6 is 23.8 Å². The molecular formula is C11H17ClN4OS. The summed E-state index contributed by atoms with van der Waals surface area (Å²) in [5.74, 6) is 0. The fourth-order valence-corrected chi connectivity index (χ4v) is 2.44. The number of nitrogens with zero attached hydrogens (tertiary/aromatic N) is 3. The van der Waals surface area contributed by atoms with Crippen molar-refractivity contribution in [1.82, 2.24) is 14.7 Å². The van der Waals surface area contributed by atoms with Crippen molar-refractivity contribution in [3.05, 3.63) is 16.4 Å². The standard InChI is InChI=1S/C11H17ClN4OS/c1-7-10(12)8(15(2)14-7)5-16-3-4-17-9(6-16)11(13)18/h9H,3-6H2,1-2H3,(H2,13,18). The second-order valence-electron chi connectivity index (χ2n) is 4.47. The van der Waals surface area contributed by atoms with Gasteiger partial charge in [0.25, 0.3) is 0 Å². The van der Waals surface area contributed by atoms with E-state index in [4.69, 9.17) is 34.3 Å². The maximum atomic E-state index is 6.24. The van der Waals surface area contributed by atoms with Gasteiger partial charge in [-0.15, -0.1) is 0 Å². The van der Waals surface area contributed by atoms with Crippen LogP contribution in [0.2, 0.25) is 5.02 Å². The van der Waals surface area contributed by atoms with Crippen LogP contribution in [0.15, 0.2) is 0 Å². The maximum Gasteiger partial charge on any atom is 0.120 e. The minimum Gasteiger partial charge on any atom is -0.391 e. The lowest BCUT2D eigenvalue weighted by molar-refractivity contribution is 0.00307. The quantitative estimate of drug-likeness (QED) is 0.837. The highest BCUT2D eigenvalue weighted by atomic mass is 35.5. The number of thiocarbonyl (C=S) groups is 1. The largest absolute Gasteiger partial charge is 0.391 e. The lowest BCUT2D eigenvalue weighted by Crippen LogP contribution is -2.47. The van der Waals surface area contributed by atoms with Gasteiger partial charge in [-0.3, -0.25) is 9.58 Å². The van der Waals surface area contributed by atoms with Gasteiger partial charge in [-0.05, 0) is 6.92 Å². The second kappa shape index (κ2) is 5.52. The number of aryl methyl sites for hydroxylation is 2. The van der Waals surface area contributed by atoms with Crippen LogP contribution in [0.25, 0.3) is 0 Å². The Kier molecular flexibility index (Phi) is 4.21. The van der Waals surface area contributed by atoms with Crippen molar-refractivity contribution in [1.29, 1.82) is 0 Å². The molecule has 7 heteroatoms. The van der Waals surface area contributed by atoms with Gasteiger partial charge in [0.15, 0.2) is 0 Å². The van der Waals surface area contributed by atoms with E-state index in [1.54, 1.807) is 0 Å². The first kappa shape index (κ1) is 13.7. The summed E-state index contributed by atoms with van der Waals surface area (Å²) in [6, 6.07) is 0. The van der Waals surface area contributed by atoms with E-state index in [1.165, 1.54) is 0 Å². The number of hydrogen-bond donors (Lipinski definition) is 1. The Hall–Kier alpha value is -0.690. The molecule has 1 unspecified atom stereocenters. The fraction of sp³-hybridized carbons (Fsp3) is 0.636. The van der Waals surface area contributed by atoms with E-state index in [0.717, 1.165) is 29.5 Å². The van der Waals surface area contributed by atoms with Gasteiger partial charge < -0.3 is 10.5 Å². The molecular weight excluding hydrogens is 272 g/mol. The minimum absolute atomic E-state index is 0.165. The summed E-state index contributed by atoms with van der Waals surface area (Å²) >= 11 is 11.2. The van der Waals surface area contributed by atoms with Gasteiger partial charge in [0.05, 0.1) is 23.0 Å². The predicted octanol–water partition coefficient (Wildman–Crippen LogP) is 0.869. The van der Waals surface area contributed by atoms with Crippen LogP contribution in [-0.4, -0.2) is 45.5 Å². The first-order valence-electron chi connectivity index (χ1n) is 5.80. The molecule has 1 aliphatic heterocycles. The SMILES string of the molecule is Cc1nn(C)c(CN2CCOC(C(N)=S)C2)c1Cl. The normalized spacial score (nSPS) is 21.2. The predicted molar refractivity (Wildman–Crippen MR) is 74.8 cm³/mol. The van der Waals surface area contributed by atoms with Gasteiger partial charge >= 0.3 is 0 Å². The summed E-state index contributed by atoms with van der Waals surface area (Å²) < 4.78 is 7.33. The lowest BCUT2D eigenvalue weighted by atomic mass is 10.2. The Morgan fingerprint density at radius 2 is 2.39 bits per heavy atom. The molecule has 0 radical (unpaired) electrons. The summed E-state index contributed by atoms with van der Waals surface area (Å²) in [6.45, 7) is 4.83. The zero-order chi connectivity index (χ0) is 13.3. The molecule has 0 aliphatic carbocycles. The van der Waals surface area contributed by atoms with Crippen LogP contribution < -0.4 is 5.73 Å². The van der Waals surface area contributed by atoms with Crippen LogP contribution in [0.5, 0.6) is 0 Å². The molecule has 0 saturated carbocycles. The minimum atomic E-state index is -0.165. The number of morpholine rings is 1. The molecule has 1 aliphatic rings. The van der Waals surface area contributed by atoms with Crippen LogP contribution in [0.1, 0.15) is 11.4 Å². The van der Waals surface area contributed by atoms with Gasteiger partial charge in [0.2, 0.25) is 0 Å². The third-order valence-electron chi connectivity index (χ3n) is 3.10. The number of nitrogens with two attached hydrogens (primary N) is 1. The van der Waals surface area contributed by atoms with Gasteiger partial charge in [0, 0.05) is 26.7 Å². The Morgan fingerprint density at radius 3 is 2.94 bits per heavy atom. The number of hydrogen-bond acceptors (Lipinski definition) is 4. The lowest BCUT2D eigenvalue weighted by Gasteiger charge is -2.32. The van der Waals surface area contributed by atoms with E-state index in [-0.39, 0.29) is 6.10 Å². The monoisotopic (exact) mass is 288 g/mol. The molecule has 100 valence electrons. The topological polar surface area (TPSA) is 56.3 Å². The maximum absolute atomic E-state index is 6.24. The average Bonchev–Trinajstić information content (AvgIpc) is 2.56. The van der Waals surface area contributed by atoms with Gasteiger partial charge in [-0.25, -0.2) is 0 Å². The van der Waals surface area contributed by atoms with E-state index < -0.39 is 0 Å². The van der Waals surface area contributed by atoms with Gasteiger partial charge in [-0.2, -0.15) is 5.10 Å². The first-order chi connectivity index (χ1) is 8.49. The molecule has 0 bridgehead atoms. The Balaban J connectivity index is 2.07. The number of aromatic nitrogens is 2. The summed E-state index contributed by atoms with van der Waals surface area (Å²) in [6.07, 6.45) is -0.165. The average molecular weight is 289 g/mol. The molecule has 1 aromatic rings. The van der Waals surface area contributed by atoms with Crippen molar-refractivity contribution >= 4 is 28.8 Å². The van der Waals surface area contributed by atoms with Gasteiger partial charge in [0.1, 0.15) is 11.1 Å². The molecule has 1 saturated heterocycles. The third kappa shape index (κ3) is 2.83. The van der Waals surface area contributed by atoms with Crippen molar-refractivity contribution in [3.8, 4) is 0 Å². The molecule has 0 spiro atoms. The summed E-state index contributed by atoms with van der Waals surface area (Å²) in [4.78, 5) is 2.64. The molecule has 18 heavy (non-hydrogen) atoms. The number of ether oxygens (including phenoxy) is 1. The number of rotatable bonds is 3. The highest BCUT2D eigenvalue weighted by Gasteiger charge is 2.24. The number of halogens is 1. The molecule has 2 rings (SSSR count). The molecule has 2 N–H and O–H groups in total. The summed E-state index contributed by atoms with van der Waals surface area (Å²) in [7, 11) is 1.90. The first-order valence-corrected chi connectivity index (χ1v) is 6.59. The van der Waals surface area contributed by atoms with E-state index in [9.17, 15) is 0 Å². The fourth-order valence-electron chi connectivity index (χ4n) is 2.08. The van der Waals surface area contributed by atoms with Crippen LogP contribution in [-0.2, 0) is 18.3 Å². The third-order valence-corrected chi connectivity index (χ3v) is 3.86. The van der Waals surface area contributed by atoms with E-state index in [0.29, 0.717) is 18.1 Å². The highest BCUT2D eigenvalue weighted by Crippen LogP contribution is 2.21. The zero-order valence-corrected chi connectivity index (χ0v) is 12.1. The molecule has 1 fully saturated rings. The summed E-state index contributed by atoms with van der Waals surface area (Å²) in [5.41, 5.74) is 7.49. The Morgan fingerprint density at radius 1 is 1.67 bits per heavy atom. The molecule has 1 atom stereocenters. The van der Waals surface area contributed by atoms with E-state index >= 15 is 0 Å². The van der Waals surface area contributed by atoms with Crippen molar-refractivity contribution in [3.63, 3.8) is 0 Å². The molecule has 5 nitrogen and oxygen atoms in total. The van der Waals surface area contributed by atoms with Crippen LogP contribution in [0.3, 0.4) is 0 Å². The second-order valence-corrected chi connectivity index (χ2v) is 5.32. The summed E-state index contributed by atoms with van der Waals surface area (Å²) in [5, 5.41) is 5.04.